The van der Waals surface area contributed by atoms with Crippen LogP contribution < -0.4 is 5.32 Å². The van der Waals surface area contributed by atoms with Gasteiger partial charge in [-0.25, -0.2) is 4.79 Å². The number of ether oxygens (including phenoxy) is 1. The number of hydrogen-bond donors (Lipinski definition) is 1. The van der Waals surface area contributed by atoms with Crippen LogP contribution in [0.1, 0.15) is 20.8 Å². The summed E-state index contributed by atoms with van der Waals surface area (Å²) in [6, 6.07) is 5.48. The molecule has 0 radical (unpaired) electrons. The first-order valence-corrected chi connectivity index (χ1v) is 6.20. The van der Waals surface area contributed by atoms with E-state index in [0.29, 0.717) is 11.4 Å². The number of rotatable bonds is 1. The topological polar surface area (TPSA) is 64.4 Å². The van der Waals surface area contributed by atoms with Gasteiger partial charge in [0.05, 0.1) is 9.86 Å². The highest BCUT2D eigenvalue weighted by Gasteiger charge is 2.19. The Morgan fingerprint density at radius 2 is 2.17 bits per heavy atom. The molecule has 96 valence electrons. The highest BCUT2D eigenvalue weighted by Crippen LogP contribution is 2.29. The minimum absolute atomic E-state index is 0.348. The van der Waals surface area contributed by atoms with Crippen molar-refractivity contribution < 1.29 is 14.1 Å². The van der Waals surface area contributed by atoms with E-state index in [1.165, 1.54) is 0 Å². The van der Waals surface area contributed by atoms with Crippen molar-refractivity contribution in [2.45, 2.75) is 26.4 Å². The van der Waals surface area contributed by atoms with Gasteiger partial charge in [-0.3, -0.25) is 5.32 Å². The van der Waals surface area contributed by atoms with Crippen molar-refractivity contribution in [2.24, 2.45) is 0 Å². The average Bonchev–Trinajstić information content (AvgIpc) is 2.60. The van der Waals surface area contributed by atoms with Gasteiger partial charge < -0.3 is 9.26 Å². The van der Waals surface area contributed by atoms with Crippen LogP contribution in [0.2, 0.25) is 0 Å². The Labute approximate surface area is 113 Å². The SMILES string of the molecule is CC(C)(C)OC(=O)Nc1noc2c(Br)cccc12. The van der Waals surface area contributed by atoms with Crippen molar-refractivity contribution >= 4 is 38.8 Å². The number of benzene rings is 1. The van der Waals surface area contributed by atoms with E-state index in [-0.39, 0.29) is 0 Å². The molecule has 6 heteroatoms. The molecule has 2 aromatic rings. The Hall–Kier alpha value is -1.56. The van der Waals surface area contributed by atoms with Crippen LogP contribution >= 0.6 is 15.9 Å². The zero-order chi connectivity index (χ0) is 13.3. The molecule has 0 atom stereocenters. The summed E-state index contributed by atoms with van der Waals surface area (Å²) in [5.74, 6) is 0.348. The maximum atomic E-state index is 11.6. The van der Waals surface area contributed by atoms with E-state index < -0.39 is 11.7 Å². The Kier molecular flexibility index (Phi) is 3.30. The number of fused-ring (bicyclic) bond motifs is 1. The summed E-state index contributed by atoms with van der Waals surface area (Å²) in [7, 11) is 0. The van der Waals surface area contributed by atoms with Gasteiger partial charge in [0.2, 0.25) is 0 Å². The highest BCUT2D eigenvalue weighted by atomic mass is 79.9. The summed E-state index contributed by atoms with van der Waals surface area (Å²) < 4.78 is 11.1. The van der Waals surface area contributed by atoms with E-state index in [1.54, 1.807) is 20.8 Å². The van der Waals surface area contributed by atoms with Crippen molar-refractivity contribution in [3.63, 3.8) is 0 Å². The molecule has 0 bridgehead atoms. The molecule has 0 aliphatic carbocycles. The van der Waals surface area contributed by atoms with Gasteiger partial charge in [0, 0.05) is 0 Å². The molecule has 18 heavy (non-hydrogen) atoms. The van der Waals surface area contributed by atoms with Crippen molar-refractivity contribution in [1.29, 1.82) is 0 Å². The lowest BCUT2D eigenvalue weighted by molar-refractivity contribution is 0.0635. The number of carbonyl (C=O) groups excluding carboxylic acids is 1. The van der Waals surface area contributed by atoms with Crippen LogP contribution in [0.25, 0.3) is 11.0 Å². The van der Waals surface area contributed by atoms with Gasteiger partial charge in [0.15, 0.2) is 11.4 Å². The Balaban J connectivity index is 2.23. The highest BCUT2D eigenvalue weighted by molar-refractivity contribution is 9.10. The van der Waals surface area contributed by atoms with E-state index in [9.17, 15) is 4.79 Å². The van der Waals surface area contributed by atoms with Crippen molar-refractivity contribution in [3.8, 4) is 0 Å². The minimum atomic E-state index is -0.558. The summed E-state index contributed by atoms with van der Waals surface area (Å²) in [5.41, 5.74) is 0.0352. The van der Waals surface area contributed by atoms with Gasteiger partial charge in [0.25, 0.3) is 0 Å². The number of hydrogen-bond acceptors (Lipinski definition) is 4. The summed E-state index contributed by atoms with van der Waals surface area (Å²) in [6.45, 7) is 5.39. The van der Waals surface area contributed by atoms with Crippen LogP contribution in [0.4, 0.5) is 10.6 Å². The molecule has 0 aliphatic heterocycles. The number of nitrogens with zero attached hydrogens (tertiary/aromatic N) is 1. The predicted molar refractivity (Wildman–Crippen MR) is 71.6 cm³/mol. The molecule has 0 fully saturated rings. The lowest BCUT2D eigenvalue weighted by Gasteiger charge is -2.18. The molecule has 0 unspecified atom stereocenters. The third-order valence-electron chi connectivity index (χ3n) is 2.07. The Bertz CT molecular complexity index is 587. The second kappa shape index (κ2) is 4.61. The summed E-state index contributed by atoms with van der Waals surface area (Å²) in [6.07, 6.45) is -0.558. The molecule has 1 amide bonds. The molecule has 1 N–H and O–H groups in total. The average molecular weight is 313 g/mol. The zero-order valence-corrected chi connectivity index (χ0v) is 11.9. The van der Waals surface area contributed by atoms with Crippen LogP contribution in [0, 0.1) is 0 Å². The van der Waals surface area contributed by atoms with Gasteiger partial charge in [-0.1, -0.05) is 11.2 Å². The van der Waals surface area contributed by atoms with Gasteiger partial charge in [-0.2, -0.15) is 0 Å². The lowest BCUT2D eigenvalue weighted by atomic mass is 10.2. The van der Waals surface area contributed by atoms with Crippen LogP contribution in [0.5, 0.6) is 0 Å². The fourth-order valence-electron chi connectivity index (χ4n) is 1.42. The first-order valence-electron chi connectivity index (χ1n) is 5.41. The number of halogens is 1. The van der Waals surface area contributed by atoms with Gasteiger partial charge in [0.1, 0.15) is 5.60 Å². The van der Waals surface area contributed by atoms with Crippen molar-refractivity contribution in [2.75, 3.05) is 5.32 Å². The maximum Gasteiger partial charge on any atom is 0.413 e. The number of carbonyl (C=O) groups is 1. The molecule has 0 saturated heterocycles. The smallest absolute Gasteiger partial charge is 0.413 e. The molecule has 5 nitrogen and oxygen atoms in total. The Morgan fingerprint density at radius 3 is 2.83 bits per heavy atom. The standard InChI is InChI=1S/C12H13BrN2O3/c1-12(2,3)17-11(16)14-10-7-5-4-6-8(13)9(7)18-15-10/h4-6H,1-3H3,(H,14,15,16). The lowest BCUT2D eigenvalue weighted by Crippen LogP contribution is -2.27. The third-order valence-corrected chi connectivity index (χ3v) is 2.69. The van der Waals surface area contributed by atoms with Gasteiger partial charge in [-0.05, 0) is 48.8 Å². The van der Waals surface area contributed by atoms with Crippen LogP contribution in [-0.2, 0) is 4.74 Å². The predicted octanol–water partition coefficient (Wildman–Crippen LogP) is 3.94. The quantitative estimate of drug-likeness (QED) is 0.866. The Morgan fingerprint density at radius 1 is 1.44 bits per heavy atom. The van der Waals surface area contributed by atoms with E-state index >= 15 is 0 Å². The number of aromatic nitrogens is 1. The van der Waals surface area contributed by atoms with Crippen molar-refractivity contribution in [3.05, 3.63) is 22.7 Å². The minimum Gasteiger partial charge on any atom is -0.444 e. The fourth-order valence-corrected chi connectivity index (χ4v) is 1.86. The number of para-hydroxylation sites is 1. The van der Waals surface area contributed by atoms with Gasteiger partial charge >= 0.3 is 6.09 Å². The molecule has 1 heterocycles. The molecule has 2 rings (SSSR count). The van der Waals surface area contributed by atoms with Crippen LogP contribution in [-0.4, -0.2) is 16.9 Å². The van der Waals surface area contributed by atoms with E-state index in [1.807, 2.05) is 18.2 Å². The number of anilines is 1. The normalized spacial score (nSPS) is 11.6. The number of amides is 1. The van der Waals surface area contributed by atoms with E-state index in [0.717, 1.165) is 9.86 Å². The summed E-state index contributed by atoms with van der Waals surface area (Å²) in [4.78, 5) is 11.6. The summed E-state index contributed by atoms with van der Waals surface area (Å²) in [5, 5.41) is 7.09. The van der Waals surface area contributed by atoms with Crippen LogP contribution in [0.15, 0.2) is 27.2 Å². The van der Waals surface area contributed by atoms with Crippen molar-refractivity contribution in [1.82, 2.24) is 5.16 Å². The van der Waals surface area contributed by atoms with Crippen LogP contribution in [0.3, 0.4) is 0 Å². The largest absolute Gasteiger partial charge is 0.444 e. The molecule has 0 aliphatic rings. The molecule has 1 aromatic heterocycles. The second-order valence-electron chi connectivity index (χ2n) is 4.77. The van der Waals surface area contributed by atoms with E-state index in [4.69, 9.17) is 9.26 Å². The summed E-state index contributed by atoms with van der Waals surface area (Å²) >= 11 is 3.35. The maximum absolute atomic E-state index is 11.6. The first-order chi connectivity index (χ1) is 8.37. The molecule has 0 spiro atoms. The third kappa shape index (κ3) is 2.81. The fraction of sp³-hybridized carbons (Fsp3) is 0.333. The second-order valence-corrected chi connectivity index (χ2v) is 5.63. The number of nitrogens with one attached hydrogen (secondary N) is 1. The molecule has 1 aromatic carbocycles. The molecular formula is C12H13BrN2O3. The zero-order valence-electron chi connectivity index (χ0n) is 10.3. The first kappa shape index (κ1) is 12.9. The monoisotopic (exact) mass is 312 g/mol. The molecular weight excluding hydrogens is 300 g/mol. The van der Waals surface area contributed by atoms with Gasteiger partial charge in [-0.15, -0.1) is 0 Å². The van der Waals surface area contributed by atoms with E-state index in [2.05, 4.69) is 26.4 Å². The molecule has 0 saturated carbocycles.